The molecule has 23 heavy (non-hydrogen) atoms. The average Bonchev–Trinajstić information content (AvgIpc) is 2.90. The highest BCUT2D eigenvalue weighted by atomic mass is 35.5. The van der Waals surface area contributed by atoms with Crippen molar-refractivity contribution in [1.82, 2.24) is 9.55 Å². The minimum Gasteiger partial charge on any atom is -0.293 e. The molecule has 0 saturated carbocycles. The molecule has 0 radical (unpaired) electrons. The van der Waals surface area contributed by atoms with E-state index >= 15 is 0 Å². The number of hydrogen-bond donors (Lipinski definition) is 0. The molecular weight excluding hydrogens is 352 g/mol. The fraction of sp³-hybridized carbons (Fsp3) is 0.312. The third kappa shape index (κ3) is 3.49. The zero-order valence-electron chi connectivity index (χ0n) is 12.7. The number of carbonyl (C=O) groups excluding carboxylic acids is 1. The van der Waals surface area contributed by atoms with Crippen molar-refractivity contribution in [2.45, 2.75) is 28.6 Å². The summed E-state index contributed by atoms with van der Waals surface area (Å²) in [6, 6.07) is 6.81. The maximum Gasteiger partial charge on any atom is 0.267 e. The topological polar surface area (TPSA) is 52.0 Å². The van der Waals surface area contributed by atoms with Crippen LogP contribution in [-0.4, -0.2) is 26.3 Å². The Balaban J connectivity index is 1.78. The normalized spacial score (nSPS) is 16.4. The number of fused-ring (bicyclic) bond motifs is 1. The van der Waals surface area contributed by atoms with Crippen molar-refractivity contribution < 1.29 is 4.79 Å². The van der Waals surface area contributed by atoms with E-state index in [0.717, 1.165) is 17.0 Å². The molecule has 0 unspecified atom stereocenters. The Morgan fingerprint density at radius 1 is 1.43 bits per heavy atom. The van der Waals surface area contributed by atoms with Crippen LogP contribution < -0.4 is 5.56 Å². The summed E-state index contributed by atoms with van der Waals surface area (Å²) in [6.45, 7) is 2.09. The lowest BCUT2D eigenvalue weighted by Gasteiger charge is -2.08. The molecule has 7 heteroatoms. The number of hydrogen-bond acceptors (Lipinski definition) is 5. The van der Waals surface area contributed by atoms with Crippen LogP contribution in [0.15, 0.2) is 39.1 Å². The predicted molar refractivity (Wildman–Crippen MR) is 95.0 cm³/mol. The van der Waals surface area contributed by atoms with Crippen LogP contribution in [0.2, 0.25) is 5.02 Å². The number of Topliss-reactive ketones (excluding diaryl/α,β-unsaturated/α-hetero) is 1. The molecule has 1 aliphatic rings. The van der Waals surface area contributed by atoms with Crippen LogP contribution in [0.3, 0.4) is 0 Å². The lowest BCUT2D eigenvalue weighted by Crippen LogP contribution is -2.22. The molecule has 120 valence electrons. The van der Waals surface area contributed by atoms with Gasteiger partial charge in [-0.2, -0.15) is 0 Å². The molecule has 0 aliphatic carbocycles. The molecule has 3 rings (SSSR count). The first-order chi connectivity index (χ1) is 11.0. The van der Waals surface area contributed by atoms with E-state index in [1.807, 2.05) is 0 Å². The molecule has 0 spiro atoms. The number of rotatable bonds is 4. The minimum absolute atomic E-state index is 0.0100. The van der Waals surface area contributed by atoms with Gasteiger partial charge in [0.25, 0.3) is 5.56 Å². The fourth-order valence-electron chi connectivity index (χ4n) is 2.35. The summed E-state index contributed by atoms with van der Waals surface area (Å²) in [5.41, 5.74) is 1.44. The smallest absolute Gasteiger partial charge is 0.267 e. The number of aromatic nitrogens is 2. The SMILES string of the molecule is C[C@H]1Cc2nc(SCC(=O)c3ccc(Cl)cc3)n(C)c(=O)c2S1. The van der Waals surface area contributed by atoms with Gasteiger partial charge in [0.05, 0.1) is 16.3 Å². The summed E-state index contributed by atoms with van der Waals surface area (Å²) in [4.78, 5) is 29.9. The van der Waals surface area contributed by atoms with Gasteiger partial charge in [-0.25, -0.2) is 4.98 Å². The lowest BCUT2D eigenvalue weighted by atomic mass is 10.1. The molecule has 0 amide bonds. The van der Waals surface area contributed by atoms with E-state index in [2.05, 4.69) is 11.9 Å². The summed E-state index contributed by atoms with van der Waals surface area (Å²) in [6.07, 6.45) is 0.800. The van der Waals surface area contributed by atoms with Crippen molar-refractivity contribution in [3.63, 3.8) is 0 Å². The Kier molecular flexibility index (Phi) is 4.85. The Morgan fingerprint density at radius 2 is 2.13 bits per heavy atom. The van der Waals surface area contributed by atoms with E-state index in [-0.39, 0.29) is 17.1 Å². The Labute approximate surface area is 147 Å². The van der Waals surface area contributed by atoms with Crippen molar-refractivity contribution in [3.8, 4) is 0 Å². The van der Waals surface area contributed by atoms with Crippen molar-refractivity contribution in [2.75, 3.05) is 5.75 Å². The maximum atomic E-state index is 12.4. The minimum atomic E-state index is -0.0224. The maximum absolute atomic E-state index is 12.4. The van der Waals surface area contributed by atoms with Gasteiger partial charge in [-0.15, -0.1) is 11.8 Å². The number of nitrogens with zero attached hydrogens (tertiary/aromatic N) is 2. The van der Waals surface area contributed by atoms with Crippen molar-refractivity contribution >= 4 is 40.9 Å². The van der Waals surface area contributed by atoms with E-state index < -0.39 is 0 Å². The Bertz CT molecular complexity index is 818. The first-order valence-electron chi connectivity index (χ1n) is 7.14. The van der Waals surface area contributed by atoms with Gasteiger partial charge in [0.1, 0.15) is 0 Å². The highest BCUT2D eigenvalue weighted by Crippen LogP contribution is 2.34. The molecule has 0 bridgehead atoms. The quantitative estimate of drug-likeness (QED) is 0.471. The van der Waals surface area contributed by atoms with E-state index in [1.165, 1.54) is 16.3 Å². The second-order valence-corrected chi connectivity index (χ2v) is 8.21. The lowest BCUT2D eigenvalue weighted by molar-refractivity contribution is 0.102. The predicted octanol–water partition coefficient (Wildman–Crippen LogP) is 3.45. The largest absolute Gasteiger partial charge is 0.293 e. The third-order valence-electron chi connectivity index (χ3n) is 3.58. The highest BCUT2D eigenvalue weighted by Gasteiger charge is 2.25. The summed E-state index contributed by atoms with van der Waals surface area (Å²) in [5, 5.41) is 1.57. The fourth-order valence-corrected chi connectivity index (χ4v) is 4.50. The molecule has 0 N–H and O–H groups in total. The van der Waals surface area contributed by atoms with Gasteiger partial charge in [0.15, 0.2) is 10.9 Å². The third-order valence-corrected chi connectivity index (χ3v) is 6.07. The zero-order valence-corrected chi connectivity index (χ0v) is 15.1. The first-order valence-corrected chi connectivity index (χ1v) is 9.38. The van der Waals surface area contributed by atoms with Crippen molar-refractivity contribution in [3.05, 3.63) is 50.9 Å². The first kappa shape index (κ1) is 16.6. The van der Waals surface area contributed by atoms with E-state index in [9.17, 15) is 9.59 Å². The van der Waals surface area contributed by atoms with Crippen LogP contribution in [0.4, 0.5) is 0 Å². The van der Waals surface area contributed by atoms with Gasteiger partial charge in [-0.3, -0.25) is 14.2 Å². The number of thioether (sulfide) groups is 2. The molecule has 0 fully saturated rings. The van der Waals surface area contributed by atoms with Crippen LogP contribution in [0, 0.1) is 0 Å². The average molecular weight is 367 g/mol. The Morgan fingerprint density at radius 3 is 2.83 bits per heavy atom. The molecule has 4 nitrogen and oxygen atoms in total. The number of benzene rings is 1. The second-order valence-electron chi connectivity index (χ2n) is 5.39. The van der Waals surface area contributed by atoms with E-state index in [0.29, 0.717) is 21.0 Å². The monoisotopic (exact) mass is 366 g/mol. The number of halogens is 1. The number of carbonyl (C=O) groups is 1. The standard InChI is InChI=1S/C16H15ClN2O2S2/c1-9-7-12-14(23-9)15(21)19(2)16(18-12)22-8-13(20)10-3-5-11(17)6-4-10/h3-6,9H,7-8H2,1-2H3/t9-/m0/s1. The van der Waals surface area contributed by atoms with Gasteiger partial charge in [-0.1, -0.05) is 30.3 Å². The van der Waals surface area contributed by atoms with Crippen molar-refractivity contribution in [1.29, 1.82) is 0 Å². The highest BCUT2D eigenvalue weighted by molar-refractivity contribution is 8.00. The van der Waals surface area contributed by atoms with Crippen LogP contribution in [0.25, 0.3) is 0 Å². The van der Waals surface area contributed by atoms with Gasteiger partial charge in [-0.05, 0) is 24.3 Å². The van der Waals surface area contributed by atoms with Crippen LogP contribution in [0.5, 0.6) is 0 Å². The molecule has 2 aromatic rings. The van der Waals surface area contributed by atoms with Gasteiger partial charge >= 0.3 is 0 Å². The van der Waals surface area contributed by atoms with E-state index in [1.54, 1.807) is 43.1 Å². The summed E-state index contributed by atoms with van der Waals surface area (Å²) in [7, 11) is 1.70. The van der Waals surface area contributed by atoms with Crippen LogP contribution in [-0.2, 0) is 13.5 Å². The molecule has 1 aromatic heterocycles. The molecule has 0 saturated heterocycles. The second kappa shape index (κ2) is 6.71. The summed E-state index contributed by atoms with van der Waals surface area (Å²) >= 11 is 8.70. The summed E-state index contributed by atoms with van der Waals surface area (Å²) < 4.78 is 1.53. The summed E-state index contributed by atoms with van der Waals surface area (Å²) in [5.74, 6) is 0.229. The van der Waals surface area contributed by atoms with Gasteiger partial charge < -0.3 is 0 Å². The molecule has 2 heterocycles. The molecular formula is C16H15ClN2O2S2. The molecule has 1 aromatic carbocycles. The van der Waals surface area contributed by atoms with Crippen LogP contribution in [0.1, 0.15) is 23.0 Å². The van der Waals surface area contributed by atoms with Gasteiger partial charge in [0, 0.05) is 29.3 Å². The molecule has 1 aliphatic heterocycles. The Hall–Kier alpha value is -1.24. The number of ketones is 1. The van der Waals surface area contributed by atoms with Gasteiger partial charge in [0.2, 0.25) is 0 Å². The van der Waals surface area contributed by atoms with Crippen LogP contribution >= 0.6 is 35.1 Å². The molecule has 1 atom stereocenters. The zero-order chi connectivity index (χ0) is 16.6. The van der Waals surface area contributed by atoms with E-state index in [4.69, 9.17) is 11.6 Å². The van der Waals surface area contributed by atoms with Crippen molar-refractivity contribution in [2.24, 2.45) is 7.05 Å².